The Balaban J connectivity index is 2.66. The lowest BCUT2D eigenvalue weighted by atomic mass is 9.74. The van der Waals surface area contributed by atoms with Gasteiger partial charge in [-0.1, -0.05) is 46.4 Å². The minimum absolute atomic E-state index is 0.219. The van der Waals surface area contributed by atoms with E-state index in [0.29, 0.717) is 0 Å². The van der Waals surface area contributed by atoms with E-state index in [1.165, 1.54) is 0 Å². The van der Waals surface area contributed by atoms with Crippen LogP contribution < -0.4 is 0 Å². The average molecular weight is 347 g/mol. The Morgan fingerprint density at radius 1 is 1.19 bits per heavy atom. The van der Waals surface area contributed by atoms with Crippen molar-refractivity contribution in [2.24, 2.45) is 0 Å². The molecule has 2 aliphatic rings. The zero-order chi connectivity index (χ0) is 12.5. The summed E-state index contributed by atoms with van der Waals surface area (Å²) >= 11 is 34.5. The number of Topliss-reactive ketones (excluding diaryl/α,β-unsaturated/α-hetero) is 1. The molecule has 9 heteroatoms. The quantitative estimate of drug-likeness (QED) is 0.686. The molecule has 1 saturated heterocycles. The number of alkyl halides is 4. The highest BCUT2D eigenvalue weighted by atomic mass is 35.5. The molecule has 1 fully saturated rings. The number of carbonyl (C=O) groups is 1. The van der Waals surface area contributed by atoms with Crippen molar-refractivity contribution in [3.8, 4) is 0 Å². The van der Waals surface area contributed by atoms with Gasteiger partial charge in [0.1, 0.15) is 0 Å². The summed E-state index contributed by atoms with van der Waals surface area (Å²) in [5.74, 6) is -0.828. The van der Waals surface area contributed by atoms with Crippen LogP contribution in [0, 0.1) is 0 Å². The summed E-state index contributed by atoms with van der Waals surface area (Å²) < 4.78 is 4.65. The molecule has 0 amide bonds. The van der Waals surface area contributed by atoms with Gasteiger partial charge in [-0.25, -0.2) is 0 Å². The molecule has 2 rings (SSSR count). The number of allylic oxidation sites excluding steroid dienone is 1. The van der Waals surface area contributed by atoms with E-state index in [2.05, 4.69) is 4.74 Å². The molecule has 3 nitrogen and oxygen atoms in total. The second-order valence-electron chi connectivity index (χ2n) is 3.30. The first kappa shape index (κ1) is 13.5. The molecule has 1 aliphatic heterocycles. The fraction of sp³-hybridized carbons (Fsp3) is 0.571. The summed E-state index contributed by atoms with van der Waals surface area (Å²) in [4.78, 5) is 7.71. The number of fused-ring (bicyclic) bond motifs is 1. The van der Waals surface area contributed by atoms with Crippen molar-refractivity contribution in [3.63, 3.8) is 0 Å². The predicted octanol–water partition coefficient (Wildman–Crippen LogP) is 2.69. The largest absolute Gasteiger partial charge is 0.351 e. The van der Waals surface area contributed by atoms with Crippen molar-refractivity contribution in [2.75, 3.05) is 0 Å². The monoisotopic (exact) mass is 344 g/mol. The first-order valence-electron chi connectivity index (χ1n) is 3.82. The molecule has 1 heterocycles. The van der Waals surface area contributed by atoms with Gasteiger partial charge in [-0.3, -0.25) is 4.79 Å². The molecule has 0 aromatic heterocycles. The Bertz CT molecular complexity index is 420. The Labute approximate surface area is 120 Å². The van der Waals surface area contributed by atoms with Crippen molar-refractivity contribution in [1.29, 1.82) is 0 Å². The lowest BCUT2D eigenvalue weighted by molar-refractivity contribution is -0.200. The van der Waals surface area contributed by atoms with Crippen LogP contribution in [0.4, 0.5) is 0 Å². The first-order chi connectivity index (χ1) is 7.10. The van der Waals surface area contributed by atoms with Crippen LogP contribution in [0.3, 0.4) is 0 Å². The third kappa shape index (κ3) is 1.19. The van der Waals surface area contributed by atoms with Crippen LogP contribution in [0.2, 0.25) is 0 Å². The Kier molecular flexibility index (Phi) is 2.99. The Morgan fingerprint density at radius 2 is 1.69 bits per heavy atom. The number of aliphatic hydroxyl groups is 1. The molecule has 0 aromatic carbocycles. The van der Waals surface area contributed by atoms with Crippen LogP contribution in [0.1, 0.15) is 0 Å². The molecule has 1 aliphatic carbocycles. The van der Waals surface area contributed by atoms with Crippen molar-refractivity contribution in [2.45, 2.75) is 20.6 Å². The molecule has 0 bridgehead atoms. The molecule has 1 N–H and O–H groups in total. The standard InChI is InChI=1S/C7H2Cl6O3/c8-1-2(9)6(12)5(1,11)3(14)4(10)16-7(6,13)15/h4,15H/t4-,5-,6+,7-/m0/s1. The third-order valence-electron chi connectivity index (χ3n) is 2.50. The fourth-order valence-corrected chi connectivity index (χ4v) is 4.14. The normalized spacial score (nSPS) is 52.4. The topological polar surface area (TPSA) is 46.5 Å². The molecule has 0 spiro atoms. The number of ketones is 1. The van der Waals surface area contributed by atoms with Gasteiger partial charge < -0.3 is 9.84 Å². The van der Waals surface area contributed by atoms with Gasteiger partial charge in [0.15, 0.2) is 15.3 Å². The zero-order valence-corrected chi connectivity index (χ0v) is 11.6. The smallest absolute Gasteiger partial charge is 0.275 e. The molecule has 0 radical (unpaired) electrons. The molecular weight excluding hydrogens is 345 g/mol. The van der Waals surface area contributed by atoms with Crippen LogP contribution in [0.15, 0.2) is 10.1 Å². The van der Waals surface area contributed by atoms with E-state index in [0.717, 1.165) is 0 Å². The van der Waals surface area contributed by atoms with Crippen molar-refractivity contribution in [3.05, 3.63) is 10.1 Å². The van der Waals surface area contributed by atoms with Gasteiger partial charge in [0.05, 0.1) is 10.1 Å². The second kappa shape index (κ2) is 3.55. The van der Waals surface area contributed by atoms with E-state index in [4.69, 9.17) is 69.6 Å². The Morgan fingerprint density at radius 3 is 2.19 bits per heavy atom. The van der Waals surface area contributed by atoms with E-state index in [-0.39, 0.29) is 10.1 Å². The third-order valence-corrected chi connectivity index (χ3v) is 5.98. The summed E-state index contributed by atoms with van der Waals surface area (Å²) in [6.45, 7) is 0. The van der Waals surface area contributed by atoms with Gasteiger partial charge >= 0.3 is 0 Å². The van der Waals surface area contributed by atoms with E-state index < -0.39 is 26.3 Å². The van der Waals surface area contributed by atoms with Gasteiger partial charge in [-0.15, -0.1) is 23.2 Å². The highest BCUT2D eigenvalue weighted by Gasteiger charge is 2.80. The van der Waals surface area contributed by atoms with Crippen LogP contribution in [0.5, 0.6) is 0 Å². The number of ether oxygens (including phenoxy) is 1. The lowest BCUT2D eigenvalue weighted by Crippen LogP contribution is -2.75. The molecule has 4 atom stereocenters. The number of hydrogen-bond acceptors (Lipinski definition) is 3. The van der Waals surface area contributed by atoms with Crippen LogP contribution >= 0.6 is 69.6 Å². The summed E-state index contributed by atoms with van der Waals surface area (Å²) in [5, 5.41) is 6.79. The second-order valence-corrected chi connectivity index (χ2v) is 6.10. The molecule has 0 saturated carbocycles. The molecule has 16 heavy (non-hydrogen) atoms. The highest BCUT2D eigenvalue weighted by molar-refractivity contribution is 6.64. The lowest BCUT2D eigenvalue weighted by Gasteiger charge is -2.57. The van der Waals surface area contributed by atoms with Crippen molar-refractivity contribution in [1.82, 2.24) is 0 Å². The van der Waals surface area contributed by atoms with E-state index >= 15 is 0 Å². The molecule has 0 unspecified atom stereocenters. The van der Waals surface area contributed by atoms with Crippen molar-refractivity contribution >= 4 is 75.4 Å². The maximum absolute atomic E-state index is 11.7. The van der Waals surface area contributed by atoms with Crippen LogP contribution in [-0.2, 0) is 9.53 Å². The number of carbonyl (C=O) groups excluding carboxylic acids is 1. The SMILES string of the molecule is O=C1[C@@H](Cl)O[C@](O)(Cl)[C@@]2(Cl)C(Cl)=C(Cl)[C@]12Cl. The van der Waals surface area contributed by atoms with E-state index in [1.807, 2.05) is 0 Å². The van der Waals surface area contributed by atoms with Crippen LogP contribution in [0.25, 0.3) is 0 Å². The van der Waals surface area contributed by atoms with Crippen molar-refractivity contribution < 1.29 is 14.6 Å². The van der Waals surface area contributed by atoms with Gasteiger partial charge in [0, 0.05) is 0 Å². The maximum atomic E-state index is 11.7. The van der Waals surface area contributed by atoms with Gasteiger partial charge in [-0.05, 0) is 0 Å². The molecule has 90 valence electrons. The maximum Gasteiger partial charge on any atom is 0.275 e. The van der Waals surface area contributed by atoms with Gasteiger partial charge in [-0.2, -0.15) is 0 Å². The molecule has 0 aromatic rings. The van der Waals surface area contributed by atoms with E-state index in [1.54, 1.807) is 0 Å². The minimum Gasteiger partial charge on any atom is -0.351 e. The molecular formula is C7H2Cl6O3. The fourth-order valence-electron chi connectivity index (χ4n) is 1.60. The summed E-state index contributed by atoms with van der Waals surface area (Å²) in [6, 6.07) is 0. The summed E-state index contributed by atoms with van der Waals surface area (Å²) in [7, 11) is 0. The number of rotatable bonds is 0. The summed E-state index contributed by atoms with van der Waals surface area (Å²) in [5.41, 5.74) is -1.56. The Hall–Kier alpha value is 1.07. The summed E-state index contributed by atoms with van der Waals surface area (Å²) in [6.07, 6.45) is 0. The predicted molar refractivity (Wildman–Crippen MR) is 62.4 cm³/mol. The van der Waals surface area contributed by atoms with Gasteiger partial charge in [0.25, 0.3) is 5.25 Å². The zero-order valence-electron chi connectivity index (χ0n) is 7.11. The number of hydrogen-bond donors (Lipinski definition) is 1. The number of halogens is 6. The highest BCUT2D eigenvalue weighted by Crippen LogP contribution is 2.67. The minimum atomic E-state index is -2.52. The average Bonchev–Trinajstić information content (AvgIpc) is 2.21. The van der Waals surface area contributed by atoms with Crippen LogP contribution in [-0.4, -0.2) is 31.4 Å². The first-order valence-corrected chi connectivity index (χ1v) is 6.15. The van der Waals surface area contributed by atoms with Gasteiger partial charge in [0.2, 0.25) is 5.78 Å². The van der Waals surface area contributed by atoms with E-state index in [9.17, 15) is 9.90 Å².